The maximum atomic E-state index is 11.3. The summed E-state index contributed by atoms with van der Waals surface area (Å²) in [7, 11) is -2.99. The van der Waals surface area contributed by atoms with Crippen molar-refractivity contribution < 1.29 is 13.2 Å². The Morgan fingerprint density at radius 1 is 1.19 bits per heavy atom. The quantitative estimate of drug-likeness (QED) is 0.378. The van der Waals surface area contributed by atoms with Gasteiger partial charge in [0.1, 0.15) is 9.84 Å². The number of halogens is 1. The number of sulfone groups is 1. The first-order valence-corrected chi connectivity index (χ1v) is 8.86. The van der Waals surface area contributed by atoms with E-state index in [0.29, 0.717) is 26.2 Å². The molecule has 0 aromatic heterocycles. The van der Waals surface area contributed by atoms with E-state index in [1.807, 2.05) is 6.92 Å². The number of nitrogens with one attached hydrogen (secondary N) is 1. The van der Waals surface area contributed by atoms with Crippen molar-refractivity contribution in [3.05, 3.63) is 0 Å². The number of nitrogens with zero attached hydrogens (tertiary/aromatic N) is 3. The first-order chi connectivity index (χ1) is 9.33. The minimum absolute atomic E-state index is 0. The highest BCUT2D eigenvalue weighted by molar-refractivity contribution is 14.0. The van der Waals surface area contributed by atoms with E-state index >= 15 is 0 Å². The van der Waals surface area contributed by atoms with Crippen LogP contribution in [0.25, 0.3) is 0 Å². The number of rotatable bonds is 4. The molecule has 1 heterocycles. The highest BCUT2D eigenvalue weighted by Gasteiger charge is 2.20. The second kappa shape index (κ2) is 9.44. The van der Waals surface area contributed by atoms with Gasteiger partial charge in [0, 0.05) is 45.9 Å². The molecule has 7 nitrogen and oxygen atoms in total. The van der Waals surface area contributed by atoms with Crippen molar-refractivity contribution in [1.29, 1.82) is 0 Å². The Labute approximate surface area is 144 Å². The highest BCUT2D eigenvalue weighted by Crippen LogP contribution is 2.02. The molecule has 0 aromatic carbocycles. The average molecular weight is 432 g/mol. The Balaban J connectivity index is 0.00000400. The Bertz CT molecular complexity index is 459. The van der Waals surface area contributed by atoms with Crippen LogP contribution < -0.4 is 5.32 Å². The van der Waals surface area contributed by atoms with Gasteiger partial charge in [-0.15, -0.1) is 24.0 Å². The van der Waals surface area contributed by atoms with Gasteiger partial charge < -0.3 is 15.1 Å². The summed E-state index contributed by atoms with van der Waals surface area (Å²) in [6, 6.07) is 0. The van der Waals surface area contributed by atoms with E-state index in [1.54, 1.807) is 11.8 Å². The van der Waals surface area contributed by atoms with Crippen LogP contribution in [0.3, 0.4) is 0 Å². The SMILES string of the molecule is CCNC(=NCCS(C)(=O)=O)N1CCN(C(C)=O)CC1.I. The molecule has 0 saturated carbocycles. The zero-order valence-electron chi connectivity index (χ0n) is 12.8. The van der Waals surface area contributed by atoms with Gasteiger partial charge >= 0.3 is 0 Å². The van der Waals surface area contributed by atoms with Crippen LogP contribution in [0.15, 0.2) is 4.99 Å². The molecule has 1 aliphatic rings. The number of carbonyl (C=O) groups excluding carboxylic acids is 1. The summed E-state index contributed by atoms with van der Waals surface area (Å²) in [6.45, 7) is 7.30. The van der Waals surface area contributed by atoms with Crippen LogP contribution >= 0.6 is 24.0 Å². The minimum atomic E-state index is -2.99. The first-order valence-electron chi connectivity index (χ1n) is 6.80. The molecule has 1 rings (SSSR count). The molecule has 1 saturated heterocycles. The molecule has 1 N–H and O–H groups in total. The van der Waals surface area contributed by atoms with Gasteiger partial charge in [-0.05, 0) is 6.92 Å². The van der Waals surface area contributed by atoms with E-state index in [-0.39, 0.29) is 42.2 Å². The van der Waals surface area contributed by atoms with Gasteiger partial charge in [-0.25, -0.2) is 8.42 Å². The van der Waals surface area contributed by atoms with Crippen LogP contribution in [0.4, 0.5) is 0 Å². The molecule has 124 valence electrons. The monoisotopic (exact) mass is 432 g/mol. The number of carbonyl (C=O) groups is 1. The van der Waals surface area contributed by atoms with Gasteiger partial charge in [0.25, 0.3) is 0 Å². The lowest BCUT2D eigenvalue weighted by Crippen LogP contribution is -2.53. The van der Waals surface area contributed by atoms with Crippen molar-refractivity contribution in [2.75, 3.05) is 51.3 Å². The standard InChI is InChI=1S/C12H24N4O3S.HI/c1-4-13-12(14-5-10-20(3,18)19)16-8-6-15(7-9-16)11(2)17;/h4-10H2,1-3H3,(H,13,14);1H. The minimum Gasteiger partial charge on any atom is -0.357 e. The summed E-state index contributed by atoms with van der Waals surface area (Å²) < 4.78 is 22.2. The van der Waals surface area contributed by atoms with Gasteiger partial charge in [-0.3, -0.25) is 9.79 Å². The highest BCUT2D eigenvalue weighted by atomic mass is 127. The van der Waals surface area contributed by atoms with E-state index in [1.165, 1.54) is 6.26 Å². The summed E-state index contributed by atoms with van der Waals surface area (Å²) in [6.07, 6.45) is 1.21. The topological polar surface area (TPSA) is 82.1 Å². The van der Waals surface area contributed by atoms with E-state index in [2.05, 4.69) is 15.2 Å². The van der Waals surface area contributed by atoms with Crippen molar-refractivity contribution in [1.82, 2.24) is 15.1 Å². The Morgan fingerprint density at radius 3 is 2.14 bits per heavy atom. The zero-order valence-corrected chi connectivity index (χ0v) is 16.0. The molecule has 0 radical (unpaired) electrons. The molecule has 0 spiro atoms. The first kappa shape index (κ1) is 20.4. The number of guanidine groups is 1. The van der Waals surface area contributed by atoms with Gasteiger partial charge in [0.2, 0.25) is 5.91 Å². The van der Waals surface area contributed by atoms with E-state index in [4.69, 9.17) is 0 Å². The molecule has 0 aromatic rings. The average Bonchev–Trinajstić information content (AvgIpc) is 2.36. The van der Waals surface area contributed by atoms with Crippen LogP contribution in [-0.2, 0) is 14.6 Å². The summed E-state index contributed by atoms with van der Waals surface area (Å²) in [5, 5.41) is 3.16. The van der Waals surface area contributed by atoms with Gasteiger partial charge in [0.05, 0.1) is 12.3 Å². The molecule has 0 unspecified atom stereocenters. The van der Waals surface area contributed by atoms with E-state index in [9.17, 15) is 13.2 Å². The Kier molecular flexibility index (Phi) is 9.18. The van der Waals surface area contributed by atoms with Gasteiger partial charge in [0.15, 0.2) is 5.96 Å². The van der Waals surface area contributed by atoms with E-state index in [0.717, 1.165) is 12.5 Å². The lowest BCUT2D eigenvalue weighted by Gasteiger charge is -2.36. The van der Waals surface area contributed by atoms with Gasteiger partial charge in [-0.1, -0.05) is 0 Å². The number of hydrogen-bond donors (Lipinski definition) is 1. The van der Waals surface area contributed by atoms with E-state index < -0.39 is 9.84 Å². The molecular formula is C12H25IN4O3S. The number of amides is 1. The number of hydrogen-bond acceptors (Lipinski definition) is 4. The Hall–Kier alpha value is -0.580. The third-order valence-electron chi connectivity index (χ3n) is 3.08. The predicted octanol–water partition coefficient (Wildman–Crippen LogP) is -0.221. The maximum Gasteiger partial charge on any atom is 0.219 e. The molecule has 0 aliphatic carbocycles. The molecule has 0 bridgehead atoms. The second-order valence-corrected chi connectivity index (χ2v) is 7.12. The summed E-state index contributed by atoms with van der Waals surface area (Å²) in [5.74, 6) is 0.859. The molecule has 21 heavy (non-hydrogen) atoms. The Morgan fingerprint density at radius 2 is 1.71 bits per heavy atom. The maximum absolute atomic E-state index is 11.3. The van der Waals surface area contributed by atoms with Crippen molar-refractivity contribution in [3.8, 4) is 0 Å². The molecule has 1 aliphatic heterocycles. The lowest BCUT2D eigenvalue weighted by molar-refractivity contribution is -0.130. The smallest absolute Gasteiger partial charge is 0.219 e. The van der Waals surface area contributed by atoms with Crippen LogP contribution in [0, 0.1) is 0 Å². The van der Waals surface area contributed by atoms with Crippen molar-refractivity contribution in [3.63, 3.8) is 0 Å². The zero-order chi connectivity index (χ0) is 15.2. The van der Waals surface area contributed by atoms with Crippen LogP contribution in [0.1, 0.15) is 13.8 Å². The number of piperazine rings is 1. The lowest BCUT2D eigenvalue weighted by atomic mass is 10.3. The third-order valence-corrected chi connectivity index (χ3v) is 4.01. The van der Waals surface area contributed by atoms with Crippen molar-refractivity contribution in [2.45, 2.75) is 13.8 Å². The van der Waals surface area contributed by atoms with Crippen LogP contribution in [0.5, 0.6) is 0 Å². The summed E-state index contributed by atoms with van der Waals surface area (Å²) >= 11 is 0. The van der Waals surface area contributed by atoms with Crippen LogP contribution in [0.2, 0.25) is 0 Å². The molecule has 0 atom stereocenters. The predicted molar refractivity (Wildman–Crippen MR) is 94.9 cm³/mol. The van der Waals surface area contributed by atoms with Crippen molar-refractivity contribution >= 4 is 45.7 Å². The summed E-state index contributed by atoms with van der Waals surface area (Å²) in [4.78, 5) is 19.5. The van der Waals surface area contributed by atoms with Crippen molar-refractivity contribution in [2.24, 2.45) is 4.99 Å². The fourth-order valence-corrected chi connectivity index (χ4v) is 2.40. The fourth-order valence-electron chi connectivity index (χ4n) is 1.98. The largest absolute Gasteiger partial charge is 0.357 e. The second-order valence-electron chi connectivity index (χ2n) is 4.86. The van der Waals surface area contributed by atoms with Gasteiger partial charge in [-0.2, -0.15) is 0 Å². The molecule has 1 amide bonds. The summed E-state index contributed by atoms with van der Waals surface area (Å²) in [5.41, 5.74) is 0. The molecule has 9 heteroatoms. The molecular weight excluding hydrogens is 407 g/mol. The fraction of sp³-hybridized carbons (Fsp3) is 0.833. The third kappa shape index (κ3) is 7.84. The normalized spacial score (nSPS) is 16.4. The van der Waals surface area contributed by atoms with Crippen LogP contribution in [-0.4, -0.2) is 81.4 Å². The number of aliphatic imine (C=N–C) groups is 1. The molecule has 1 fully saturated rings.